The van der Waals surface area contributed by atoms with Crippen LogP contribution in [0.3, 0.4) is 0 Å². The zero-order valence-corrected chi connectivity index (χ0v) is 14.1. The lowest BCUT2D eigenvalue weighted by molar-refractivity contribution is -0.139. The summed E-state index contributed by atoms with van der Waals surface area (Å²) in [5, 5.41) is 10.3. The summed E-state index contributed by atoms with van der Waals surface area (Å²) >= 11 is 0. The van der Waals surface area contributed by atoms with Crippen LogP contribution in [0.5, 0.6) is 0 Å². The summed E-state index contributed by atoms with van der Waals surface area (Å²) in [5.41, 5.74) is -0.816. The molecule has 1 aromatic rings. The Bertz CT molecular complexity index is 525. The minimum atomic E-state index is -4.45. The molecule has 7 heteroatoms. The number of halogens is 3. The van der Waals surface area contributed by atoms with Gasteiger partial charge < -0.3 is 9.84 Å². The SMILES string of the molecule is COCCN1CCN(C[C@H](O)c2ccccc2C(F)(F)F)C[C@H]1C. The van der Waals surface area contributed by atoms with Crippen molar-refractivity contribution < 1.29 is 23.0 Å². The van der Waals surface area contributed by atoms with Gasteiger partial charge >= 0.3 is 6.18 Å². The second-order valence-corrected chi connectivity index (χ2v) is 6.24. The Balaban J connectivity index is 1.98. The fourth-order valence-corrected chi connectivity index (χ4v) is 3.17. The molecule has 136 valence electrons. The van der Waals surface area contributed by atoms with E-state index < -0.39 is 17.8 Å². The average molecular weight is 346 g/mol. The Labute approximate surface area is 140 Å². The third-order valence-electron chi connectivity index (χ3n) is 4.49. The van der Waals surface area contributed by atoms with Gasteiger partial charge in [-0.15, -0.1) is 0 Å². The zero-order valence-electron chi connectivity index (χ0n) is 14.1. The summed E-state index contributed by atoms with van der Waals surface area (Å²) in [4.78, 5) is 4.31. The van der Waals surface area contributed by atoms with E-state index in [2.05, 4.69) is 11.8 Å². The number of hydrogen-bond donors (Lipinski definition) is 1. The lowest BCUT2D eigenvalue weighted by Crippen LogP contribution is -2.53. The van der Waals surface area contributed by atoms with Gasteiger partial charge in [0.25, 0.3) is 0 Å². The van der Waals surface area contributed by atoms with Crippen molar-refractivity contribution >= 4 is 0 Å². The molecule has 1 fully saturated rings. The van der Waals surface area contributed by atoms with E-state index in [9.17, 15) is 18.3 Å². The van der Waals surface area contributed by atoms with Crippen molar-refractivity contribution in [3.05, 3.63) is 35.4 Å². The van der Waals surface area contributed by atoms with Crippen LogP contribution in [0, 0.1) is 0 Å². The van der Waals surface area contributed by atoms with Crippen molar-refractivity contribution in [2.45, 2.75) is 25.2 Å². The molecule has 1 heterocycles. The number of piperazine rings is 1. The number of methoxy groups -OCH3 is 1. The second-order valence-electron chi connectivity index (χ2n) is 6.24. The van der Waals surface area contributed by atoms with Gasteiger partial charge in [-0.2, -0.15) is 13.2 Å². The standard InChI is InChI=1S/C17H25F3N2O2/c1-13-11-21(7-8-22(13)9-10-24-2)12-16(23)14-5-3-4-6-15(14)17(18,19)20/h3-6,13,16,23H,7-12H2,1-2H3/t13-,16+/m1/s1. The predicted molar refractivity (Wildman–Crippen MR) is 85.8 cm³/mol. The predicted octanol–water partition coefficient (Wildman–Crippen LogP) is 2.39. The van der Waals surface area contributed by atoms with Crippen molar-refractivity contribution in [1.29, 1.82) is 0 Å². The van der Waals surface area contributed by atoms with Gasteiger partial charge in [0.05, 0.1) is 18.3 Å². The van der Waals surface area contributed by atoms with Crippen LogP contribution >= 0.6 is 0 Å². The first kappa shape index (κ1) is 19.2. The molecule has 0 spiro atoms. The molecule has 0 aliphatic carbocycles. The van der Waals surface area contributed by atoms with E-state index in [0.717, 1.165) is 32.2 Å². The van der Waals surface area contributed by atoms with Gasteiger partial charge in [-0.1, -0.05) is 18.2 Å². The summed E-state index contributed by atoms with van der Waals surface area (Å²) in [5.74, 6) is 0. The van der Waals surface area contributed by atoms with E-state index in [1.165, 1.54) is 18.2 Å². The van der Waals surface area contributed by atoms with Crippen molar-refractivity contribution in [2.75, 3.05) is 46.4 Å². The summed E-state index contributed by atoms with van der Waals surface area (Å²) < 4.78 is 44.3. The normalized spacial score (nSPS) is 21.8. The number of aliphatic hydroxyl groups is 1. The molecule has 0 bridgehead atoms. The van der Waals surface area contributed by atoms with E-state index in [-0.39, 0.29) is 18.2 Å². The highest BCUT2D eigenvalue weighted by Crippen LogP contribution is 2.34. The molecule has 1 saturated heterocycles. The van der Waals surface area contributed by atoms with Gasteiger partial charge in [0, 0.05) is 45.9 Å². The van der Waals surface area contributed by atoms with E-state index in [0.29, 0.717) is 6.61 Å². The van der Waals surface area contributed by atoms with Crippen LogP contribution in [0.25, 0.3) is 0 Å². The maximum atomic E-state index is 13.1. The van der Waals surface area contributed by atoms with E-state index in [1.807, 2.05) is 4.90 Å². The molecule has 1 N–H and O–H groups in total. The molecule has 0 amide bonds. The van der Waals surface area contributed by atoms with Crippen LogP contribution in [-0.2, 0) is 10.9 Å². The van der Waals surface area contributed by atoms with Crippen LogP contribution in [0.15, 0.2) is 24.3 Å². The molecule has 2 atom stereocenters. The fraction of sp³-hybridized carbons (Fsp3) is 0.647. The highest BCUT2D eigenvalue weighted by molar-refractivity contribution is 5.31. The lowest BCUT2D eigenvalue weighted by atomic mass is 10.0. The van der Waals surface area contributed by atoms with Crippen LogP contribution in [0.2, 0.25) is 0 Å². The fourth-order valence-electron chi connectivity index (χ4n) is 3.17. The van der Waals surface area contributed by atoms with Crippen LogP contribution in [0.4, 0.5) is 13.2 Å². The summed E-state index contributed by atoms with van der Waals surface area (Å²) in [6, 6.07) is 5.52. The quantitative estimate of drug-likeness (QED) is 0.858. The Morgan fingerprint density at radius 3 is 2.62 bits per heavy atom. The van der Waals surface area contributed by atoms with Gasteiger partial charge in [0.2, 0.25) is 0 Å². The summed E-state index contributed by atoms with van der Waals surface area (Å²) in [7, 11) is 1.66. The van der Waals surface area contributed by atoms with Gasteiger partial charge in [0.1, 0.15) is 0 Å². The highest BCUT2D eigenvalue weighted by Gasteiger charge is 2.35. The minimum absolute atomic E-state index is 0.0561. The molecule has 0 unspecified atom stereocenters. The number of hydrogen-bond acceptors (Lipinski definition) is 4. The number of β-amino-alcohol motifs (C(OH)–C–C–N with tert-alkyl or cyclic N) is 1. The maximum Gasteiger partial charge on any atom is 0.416 e. The molecule has 0 saturated carbocycles. The van der Waals surface area contributed by atoms with Crippen molar-refractivity contribution in [3.63, 3.8) is 0 Å². The first-order valence-corrected chi connectivity index (χ1v) is 8.12. The topological polar surface area (TPSA) is 35.9 Å². The van der Waals surface area contributed by atoms with Gasteiger partial charge in [-0.05, 0) is 18.6 Å². The third kappa shape index (κ3) is 4.92. The summed E-state index contributed by atoms with van der Waals surface area (Å²) in [6.07, 6.45) is -5.61. The molecule has 1 aromatic carbocycles. The molecule has 1 aliphatic rings. The van der Waals surface area contributed by atoms with Crippen molar-refractivity contribution in [1.82, 2.24) is 9.80 Å². The average Bonchev–Trinajstić information content (AvgIpc) is 2.53. The molecule has 0 aromatic heterocycles. The molecular weight excluding hydrogens is 321 g/mol. The number of ether oxygens (including phenoxy) is 1. The van der Waals surface area contributed by atoms with Gasteiger partial charge in [-0.3, -0.25) is 9.80 Å². The van der Waals surface area contributed by atoms with E-state index >= 15 is 0 Å². The van der Waals surface area contributed by atoms with Gasteiger partial charge in [0.15, 0.2) is 0 Å². The van der Waals surface area contributed by atoms with Crippen molar-refractivity contribution in [3.8, 4) is 0 Å². The second kappa shape index (κ2) is 8.29. The first-order chi connectivity index (χ1) is 11.3. The Kier molecular flexibility index (Phi) is 6.62. The molecule has 1 aliphatic heterocycles. The van der Waals surface area contributed by atoms with Crippen LogP contribution < -0.4 is 0 Å². The third-order valence-corrected chi connectivity index (χ3v) is 4.49. The molecule has 0 radical (unpaired) electrons. The number of benzene rings is 1. The summed E-state index contributed by atoms with van der Waals surface area (Å²) in [6.45, 7) is 6.04. The zero-order chi connectivity index (χ0) is 17.7. The van der Waals surface area contributed by atoms with Crippen LogP contribution in [-0.4, -0.2) is 67.4 Å². The van der Waals surface area contributed by atoms with Crippen LogP contribution in [0.1, 0.15) is 24.2 Å². The molecule has 4 nitrogen and oxygen atoms in total. The maximum absolute atomic E-state index is 13.1. The van der Waals surface area contributed by atoms with Crippen molar-refractivity contribution in [2.24, 2.45) is 0 Å². The molecular formula is C17H25F3N2O2. The minimum Gasteiger partial charge on any atom is -0.387 e. The molecule has 24 heavy (non-hydrogen) atoms. The highest BCUT2D eigenvalue weighted by atomic mass is 19.4. The van der Waals surface area contributed by atoms with E-state index in [4.69, 9.17) is 4.74 Å². The Morgan fingerprint density at radius 1 is 1.29 bits per heavy atom. The number of rotatable bonds is 6. The number of alkyl halides is 3. The monoisotopic (exact) mass is 346 g/mol. The smallest absolute Gasteiger partial charge is 0.387 e. The number of aliphatic hydroxyl groups excluding tert-OH is 1. The lowest BCUT2D eigenvalue weighted by Gasteiger charge is -2.40. The Hall–Kier alpha value is -1.15. The first-order valence-electron chi connectivity index (χ1n) is 8.12. The molecule has 2 rings (SSSR count). The Morgan fingerprint density at radius 2 is 2.00 bits per heavy atom. The van der Waals surface area contributed by atoms with Gasteiger partial charge in [-0.25, -0.2) is 0 Å². The largest absolute Gasteiger partial charge is 0.416 e. The number of nitrogens with zero attached hydrogens (tertiary/aromatic N) is 2. The van der Waals surface area contributed by atoms with E-state index in [1.54, 1.807) is 7.11 Å².